The number of rotatable bonds is 7. The van der Waals surface area contributed by atoms with Crippen molar-refractivity contribution < 1.29 is 0 Å². The normalized spacial score (nSPS) is 12.4. The molecule has 3 nitrogen and oxygen atoms in total. The van der Waals surface area contributed by atoms with Gasteiger partial charge in [0, 0.05) is 12.2 Å². The molecule has 1 N–H and O–H groups in total. The molecule has 1 atom stereocenters. The Morgan fingerprint density at radius 1 is 1.33 bits per heavy atom. The summed E-state index contributed by atoms with van der Waals surface area (Å²) in [5.74, 6) is 0.875. The minimum Gasteiger partial charge on any atom is -0.366 e. The second-order valence-corrected chi connectivity index (χ2v) is 4.00. The molecule has 0 fully saturated rings. The zero-order valence-electron chi connectivity index (χ0n) is 9.74. The lowest BCUT2D eigenvalue weighted by molar-refractivity contribution is 0.592. The van der Waals surface area contributed by atoms with E-state index in [9.17, 15) is 0 Å². The molecule has 1 aromatic rings. The van der Waals surface area contributed by atoms with Gasteiger partial charge >= 0.3 is 0 Å². The Morgan fingerprint density at radius 2 is 2.20 bits per heavy atom. The first-order chi connectivity index (χ1) is 7.33. The number of aromatic nitrogens is 2. The number of unbranched alkanes of at least 4 members (excludes halogenated alkanes) is 3. The minimum absolute atomic E-state index is 0.485. The maximum absolute atomic E-state index is 4.00. The second kappa shape index (κ2) is 7.21. The van der Waals surface area contributed by atoms with Gasteiger partial charge in [-0.3, -0.25) is 0 Å². The Kier molecular flexibility index (Phi) is 5.74. The number of hydrogen-bond donors (Lipinski definition) is 1. The molecule has 0 saturated heterocycles. The van der Waals surface area contributed by atoms with Crippen LogP contribution in [0.2, 0.25) is 0 Å². The van der Waals surface area contributed by atoms with Gasteiger partial charge in [0.1, 0.15) is 5.82 Å². The van der Waals surface area contributed by atoms with Crippen LogP contribution in [0.15, 0.2) is 18.3 Å². The lowest BCUT2D eigenvalue weighted by Gasteiger charge is -2.13. The fourth-order valence-corrected chi connectivity index (χ4v) is 1.58. The molecular formula is C12H21N3. The lowest BCUT2D eigenvalue weighted by Crippen LogP contribution is -2.15. The Bertz CT molecular complexity index is 248. The third-order valence-electron chi connectivity index (χ3n) is 2.46. The van der Waals surface area contributed by atoms with Crippen LogP contribution in [-0.2, 0) is 0 Å². The largest absolute Gasteiger partial charge is 0.366 e. The van der Waals surface area contributed by atoms with Crippen LogP contribution in [-0.4, -0.2) is 16.2 Å². The summed E-state index contributed by atoms with van der Waals surface area (Å²) in [4.78, 5) is 0. The van der Waals surface area contributed by atoms with Crippen LogP contribution in [0.1, 0.15) is 46.0 Å². The van der Waals surface area contributed by atoms with E-state index in [4.69, 9.17) is 0 Å². The summed E-state index contributed by atoms with van der Waals surface area (Å²) in [5, 5.41) is 11.2. The van der Waals surface area contributed by atoms with Crippen LogP contribution in [0.3, 0.4) is 0 Å². The fraction of sp³-hybridized carbons (Fsp3) is 0.667. The van der Waals surface area contributed by atoms with Crippen molar-refractivity contribution in [3.63, 3.8) is 0 Å². The molecule has 15 heavy (non-hydrogen) atoms. The Labute approximate surface area is 92.3 Å². The van der Waals surface area contributed by atoms with E-state index < -0.39 is 0 Å². The molecule has 84 valence electrons. The van der Waals surface area contributed by atoms with E-state index in [1.807, 2.05) is 12.1 Å². The monoisotopic (exact) mass is 207 g/mol. The second-order valence-electron chi connectivity index (χ2n) is 4.00. The van der Waals surface area contributed by atoms with Crippen molar-refractivity contribution in [3.05, 3.63) is 18.3 Å². The summed E-state index contributed by atoms with van der Waals surface area (Å²) in [5.41, 5.74) is 0. The van der Waals surface area contributed by atoms with Crippen molar-refractivity contribution >= 4 is 5.82 Å². The highest BCUT2D eigenvalue weighted by Gasteiger charge is 2.01. The highest BCUT2D eigenvalue weighted by Crippen LogP contribution is 2.09. The summed E-state index contributed by atoms with van der Waals surface area (Å²) in [6, 6.07) is 4.34. The SMILES string of the molecule is CCCCCCC(C)Nc1cccnn1. The lowest BCUT2D eigenvalue weighted by atomic mass is 10.1. The first-order valence-electron chi connectivity index (χ1n) is 5.87. The van der Waals surface area contributed by atoms with Crippen molar-refractivity contribution in [2.45, 2.75) is 52.0 Å². The molecule has 0 aromatic carbocycles. The zero-order valence-corrected chi connectivity index (χ0v) is 9.74. The summed E-state index contributed by atoms with van der Waals surface area (Å²) >= 11 is 0. The molecule has 0 aliphatic carbocycles. The average Bonchev–Trinajstić information content (AvgIpc) is 2.26. The van der Waals surface area contributed by atoms with Gasteiger partial charge in [0.2, 0.25) is 0 Å². The number of anilines is 1. The smallest absolute Gasteiger partial charge is 0.148 e. The van der Waals surface area contributed by atoms with Crippen molar-refractivity contribution in [2.24, 2.45) is 0 Å². The van der Waals surface area contributed by atoms with Crippen molar-refractivity contribution in [2.75, 3.05) is 5.32 Å². The zero-order chi connectivity index (χ0) is 10.9. The van der Waals surface area contributed by atoms with Gasteiger partial charge in [-0.05, 0) is 25.5 Å². The Hall–Kier alpha value is -1.12. The predicted octanol–water partition coefficient (Wildman–Crippen LogP) is 3.25. The van der Waals surface area contributed by atoms with Gasteiger partial charge in [-0.15, -0.1) is 5.10 Å². The van der Waals surface area contributed by atoms with E-state index in [-0.39, 0.29) is 0 Å². The molecule has 1 heterocycles. The van der Waals surface area contributed by atoms with Crippen LogP contribution < -0.4 is 5.32 Å². The molecule has 0 bridgehead atoms. The summed E-state index contributed by atoms with van der Waals surface area (Å²) < 4.78 is 0. The maximum Gasteiger partial charge on any atom is 0.148 e. The van der Waals surface area contributed by atoms with Crippen molar-refractivity contribution in [1.29, 1.82) is 0 Å². The highest BCUT2D eigenvalue weighted by atomic mass is 15.2. The molecule has 0 aliphatic heterocycles. The topological polar surface area (TPSA) is 37.8 Å². The third-order valence-corrected chi connectivity index (χ3v) is 2.46. The minimum atomic E-state index is 0.485. The average molecular weight is 207 g/mol. The van der Waals surface area contributed by atoms with E-state index in [0.717, 1.165) is 5.82 Å². The molecule has 0 saturated carbocycles. The molecule has 1 unspecified atom stereocenters. The fourth-order valence-electron chi connectivity index (χ4n) is 1.58. The van der Waals surface area contributed by atoms with Crippen molar-refractivity contribution in [3.8, 4) is 0 Å². The highest BCUT2D eigenvalue weighted by molar-refractivity contribution is 5.32. The number of nitrogens with zero attached hydrogens (tertiary/aromatic N) is 2. The van der Waals surface area contributed by atoms with Crippen LogP contribution >= 0.6 is 0 Å². The van der Waals surface area contributed by atoms with Gasteiger partial charge in [0.25, 0.3) is 0 Å². The van der Waals surface area contributed by atoms with E-state index in [1.165, 1.54) is 32.1 Å². The first-order valence-corrected chi connectivity index (χ1v) is 5.87. The molecule has 0 aliphatic rings. The third kappa shape index (κ3) is 5.35. The van der Waals surface area contributed by atoms with Gasteiger partial charge in [-0.1, -0.05) is 32.6 Å². The van der Waals surface area contributed by atoms with Crippen LogP contribution in [0, 0.1) is 0 Å². The quantitative estimate of drug-likeness (QED) is 0.697. The molecule has 1 rings (SSSR count). The molecule has 0 radical (unpaired) electrons. The first kappa shape index (κ1) is 12.0. The van der Waals surface area contributed by atoms with Gasteiger partial charge < -0.3 is 5.32 Å². The summed E-state index contributed by atoms with van der Waals surface area (Å²) in [6.45, 7) is 4.43. The van der Waals surface area contributed by atoms with Crippen LogP contribution in [0.4, 0.5) is 5.82 Å². The van der Waals surface area contributed by atoms with E-state index in [1.54, 1.807) is 6.20 Å². The molecule has 1 aromatic heterocycles. The van der Waals surface area contributed by atoms with Gasteiger partial charge in [0.15, 0.2) is 0 Å². The summed E-state index contributed by atoms with van der Waals surface area (Å²) in [7, 11) is 0. The molecule has 0 spiro atoms. The van der Waals surface area contributed by atoms with Gasteiger partial charge in [-0.25, -0.2) is 0 Å². The molecule has 0 amide bonds. The number of hydrogen-bond acceptors (Lipinski definition) is 3. The summed E-state index contributed by atoms with van der Waals surface area (Å²) in [6.07, 6.45) is 8.17. The van der Waals surface area contributed by atoms with E-state index >= 15 is 0 Å². The standard InChI is InChI=1S/C12H21N3/c1-3-4-5-6-8-11(2)14-12-9-7-10-13-15-12/h7,9-11H,3-6,8H2,1-2H3,(H,14,15). The van der Waals surface area contributed by atoms with Crippen molar-refractivity contribution in [1.82, 2.24) is 10.2 Å². The van der Waals surface area contributed by atoms with E-state index in [2.05, 4.69) is 29.4 Å². The number of nitrogens with one attached hydrogen (secondary N) is 1. The Balaban J connectivity index is 2.16. The van der Waals surface area contributed by atoms with Crippen LogP contribution in [0.5, 0.6) is 0 Å². The van der Waals surface area contributed by atoms with Gasteiger partial charge in [-0.2, -0.15) is 5.10 Å². The van der Waals surface area contributed by atoms with Gasteiger partial charge in [0.05, 0.1) is 0 Å². The molecular weight excluding hydrogens is 186 g/mol. The Morgan fingerprint density at radius 3 is 2.87 bits per heavy atom. The maximum atomic E-state index is 4.00. The van der Waals surface area contributed by atoms with E-state index in [0.29, 0.717) is 6.04 Å². The molecule has 3 heteroatoms. The predicted molar refractivity (Wildman–Crippen MR) is 63.9 cm³/mol. The van der Waals surface area contributed by atoms with Crippen LogP contribution in [0.25, 0.3) is 0 Å².